The van der Waals surface area contributed by atoms with Crippen LogP contribution < -0.4 is 0 Å². The number of allylic oxidation sites excluding steroid dienone is 2. The Morgan fingerprint density at radius 1 is 0.870 bits per heavy atom. The van der Waals surface area contributed by atoms with Crippen molar-refractivity contribution in [3.8, 4) is 0 Å². The number of aromatic carboxylic acids is 1. The highest BCUT2D eigenvalue weighted by molar-refractivity contribution is 5.90. The molecule has 46 heavy (non-hydrogen) atoms. The van der Waals surface area contributed by atoms with E-state index in [4.69, 9.17) is 4.74 Å². The number of likely N-dealkylation sites (tertiary alicyclic amines) is 1. The molecule has 3 heterocycles. The zero-order valence-corrected chi connectivity index (χ0v) is 28.0. The topological polar surface area (TPSA) is 87.2 Å². The molecule has 0 saturated carbocycles. The van der Waals surface area contributed by atoms with Crippen LogP contribution in [-0.2, 0) is 19.7 Å². The maximum atomic E-state index is 14.8. The van der Waals surface area contributed by atoms with Crippen molar-refractivity contribution in [3.63, 3.8) is 0 Å². The van der Waals surface area contributed by atoms with Gasteiger partial charge >= 0.3 is 5.97 Å². The first-order chi connectivity index (χ1) is 21.8. The molecule has 2 saturated heterocycles. The van der Waals surface area contributed by atoms with Crippen molar-refractivity contribution in [1.82, 2.24) is 9.80 Å². The molecule has 2 aromatic carbocycles. The van der Waals surface area contributed by atoms with E-state index in [-0.39, 0.29) is 39.7 Å². The van der Waals surface area contributed by atoms with E-state index < -0.39 is 11.4 Å². The summed E-state index contributed by atoms with van der Waals surface area (Å²) in [5, 5.41) is 9.36. The summed E-state index contributed by atoms with van der Waals surface area (Å²) in [5.74, 6) is -0.596. The second kappa shape index (κ2) is 11.8. The van der Waals surface area contributed by atoms with Crippen LogP contribution in [0.15, 0.2) is 72.3 Å². The zero-order chi connectivity index (χ0) is 32.9. The van der Waals surface area contributed by atoms with Gasteiger partial charge in [-0.2, -0.15) is 0 Å². The Morgan fingerprint density at radius 2 is 1.54 bits per heavy atom. The van der Waals surface area contributed by atoms with Crippen molar-refractivity contribution in [1.29, 1.82) is 0 Å². The lowest BCUT2D eigenvalue weighted by Crippen LogP contribution is -2.58. The van der Waals surface area contributed by atoms with E-state index in [0.29, 0.717) is 45.6 Å². The zero-order valence-electron chi connectivity index (χ0n) is 28.0. The van der Waals surface area contributed by atoms with Gasteiger partial charge in [0.05, 0.1) is 16.6 Å². The Morgan fingerprint density at radius 3 is 2.17 bits per heavy atom. The first-order valence-corrected chi connectivity index (χ1v) is 16.8. The number of hydrogen-bond acceptors (Lipinski definition) is 4. The van der Waals surface area contributed by atoms with E-state index in [2.05, 4.69) is 63.8 Å². The molecule has 0 bridgehead atoms. The van der Waals surface area contributed by atoms with Gasteiger partial charge in [0.2, 0.25) is 11.8 Å². The van der Waals surface area contributed by atoms with Crippen LogP contribution in [0.2, 0.25) is 0 Å². The summed E-state index contributed by atoms with van der Waals surface area (Å²) in [4.78, 5) is 43.9. The van der Waals surface area contributed by atoms with E-state index >= 15 is 0 Å². The molecule has 2 fully saturated rings. The van der Waals surface area contributed by atoms with Gasteiger partial charge in [0.15, 0.2) is 0 Å². The van der Waals surface area contributed by atoms with Crippen LogP contribution in [0.4, 0.5) is 0 Å². The van der Waals surface area contributed by atoms with Crippen LogP contribution in [0.25, 0.3) is 5.57 Å². The Balaban J connectivity index is 1.23. The van der Waals surface area contributed by atoms with Crippen LogP contribution in [-0.4, -0.2) is 71.1 Å². The van der Waals surface area contributed by atoms with Gasteiger partial charge in [-0.25, -0.2) is 4.79 Å². The maximum absolute atomic E-state index is 14.8. The van der Waals surface area contributed by atoms with Crippen molar-refractivity contribution in [3.05, 3.63) is 89.0 Å². The van der Waals surface area contributed by atoms with Crippen molar-refractivity contribution >= 4 is 23.4 Å². The predicted molar refractivity (Wildman–Crippen MR) is 179 cm³/mol. The molecule has 1 N–H and O–H groups in total. The van der Waals surface area contributed by atoms with Crippen molar-refractivity contribution < 1.29 is 24.2 Å². The van der Waals surface area contributed by atoms with Crippen LogP contribution in [0.1, 0.15) is 88.2 Å². The number of carboxylic acid groups (broad SMARTS) is 1. The summed E-state index contributed by atoms with van der Waals surface area (Å²) < 4.78 is 5.87. The third-order valence-corrected chi connectivity index (χ3v) is 11.3. The summed E-state index contributed by atoms with van der Waals surface area (Å²) >= 11 is 0. The van der Waals surface area contributed by atoms with Crippen LogP contribution in [0, 0.1) is 16.7 Å². The van der Waals surface area contributed by atoms with Crippen LogP contribution in [0.5, 0.6) is 0 Å². The predicted octanol–water partition coefficient (Wildman–Crippen LogP) is 6.74. The first kappa shape index (κ1) is 32.2. The highest BCUT2D eigenvalue weighted by Crippen LogP contribution is 2.55. The second-order valence-corrected chi connectivity index (χ2v) is 15.3. The number of benzene rings is 2. The summed E-state index contributed by atoms with van der Waals surface area (Å²) in [7, 11) is 0. The summed E-state index contributed by atoms with van der Waals surface area (Å²) in [6.45, 7) is 13.8. The highest BCUT2D eigenvalue weighted by atomic mass is 16.5. The number of carbonyl (C=O) groups excluding carboxylic acids is 2. The number of ether oxygens (including phenoxy) is 1. The van der Waals surface area contributed by atoms with Gasteiger partial charge in [0.1, 0.15) is 0 Å². The second-order valence-electron chi connectivity index (χ2n) is 15.3. The van der Waals surface area contributed by atoms with Gasteiger partial charge < -0.3 is 19.6 Å². The molecule has 244 valence electrons. The normalized spacial score (nSPS) is 26.8. The summed E-state index contributed by atoms with van der Waals surface area (Å²) in [5.41, 5.74) is 3.43. The lowest BCUT2D eigenvalue weighted by atomic mass is 9.58. The molecule has 0 spiro atoms. The number of piperidine rings is 1. The fraction of sp³-hybridized carbons (Fsp3) is 0.513. The Kier molecular flexibility index (Phi) is 8.29. The Labute approximate surface area is 273 Å². The molecular formula is C39H48N2O5. The minimum Gasteiger partial charge on any atom is -0.478 e. The number of carbonyl (C=O) groups is 3. The molecule has 2 aromatic rings. The largest absolute Gasteiger partial charge is 0.478 e. The average Bonchev–Trinajstić information content (AvgIpc) is 3.03. The molecule has 2 atom stereocenters. The molecule has 7 nitrogen and oxygen atoms in total. The van der Waals surface area contributed by atoms with Gasteiger partial charge in [-0.3, -0.25) is 9.59 Å². The number of carboxylic acids is 1. The van der Waals surface area contributed by atoms with Gasteiger partial charge in [-0.15, -0.1) is 0 Å². The molecule has 1 aliphatic carbocycles. The number of hydrogen-bond donors (Lipinski definition) is 1. The fourth-order valence-electron chi connectivity index (χ4n) is 8.85. The summed E-state index contributed by atoms with van der Waals surface area (Å²) in [6.07, 6.45) is 8.05. The lowest BCUT2D eigenvalue weighted by molar-refractivity contribution is -0.150. The minimum absolute atomic E-state index is 0.0306. The quantitative estimate of drug-likeness (QED) is 0.373. The molecular weight excluding hydrogens is 576 g/mol. The lowest BCUT2D eigenvalue weighted by Gasteiger charge is -2.52. The van der Waals surface area contributed by atoms with Gasteiger partial charge in [-0.1, -0.05) is 81.0 Å². The number of nitrogens with zero attached hydrogens (tertiary/aromatic N) is 2. The van der Waals surface area contributed by atoms with Crippen molar-refractivity contribution in [2.24, 2.45) is 16.7 Å². The Bertz CT molecular complexity index is 1560. The fourth-order valence-corrected chi connectivity index (χ4v) is 8.85. The first-order valence-electron chi connectivity index (χ1n) is 16.8. The van der Waals surface area contributed by atoms with E-state index in [1.165, 1.54) is 11.1 Å². The molecule has 2 amide bonds. The van der Waals surface area contributed by atoms with Gasteiger partial charge in [0.25, 0.3) is 0 Å². The highest BCUT2D eigenvalue weighted by Gasteiger charge is 2.51. The van der Waals surface area contributed by atoms with Crippen LogP contribution >= 0.6 is 0 Å². The smallest absolute Gasteiger partial charge is 0.335 e. The Hall–Kier alpha value is -3.71. The van der Waals surface area contributed by atoms with Crippen molar-refractivity contribution in [2.45, 2.75) is 77.7 Å². The van der Waals surface area contributed by atoms with E-state index in [1.54, 1.807) is 12.1 Å². The maximum Gasteiger partial charge on any atom is 0.335 e. The summed E-state index contributed by atoms with van der Waals surface area (Å²) in [6, 6.07) is 17.3. The number of fused-ring (bicyclic) bond motifs is 1. The standard InChI is InChI=1S/C39H48N2O5/c1-36(2)25-29(17-24-46-36)33(42)40-22-19-39(20-23-40,30-9-7-6-8-10-30)35(45)41-21-16-32-37(3,4)31(15-18-38(32,5)26-41)27-11-13-28(14-12-27)34(43)44/h6-16,29H,17-26H2,1-5H3,(H,43,44)/t29?,38-/m1/s1. The SMILES string of the molecule is CC1(C)CC(C(=O)N2CCC(C(=O)N3CC=C4C(C)(C)C(c5ccc(C(=O)O)cc5)=CC[C@]4(C)C3)(c3ccccc3)CC2)CCO1. The number of rotatable bonds is 5. The molecule has 7 heteroatoms. The van der Waals surface area contributed by atoms with Gasteiger partial charge in [-0.05, 0) is 74.8 Å². The molecule has 1 unspecified atom stereocenters. The van der Waals surface area contributed by atoms with E-state index in [1.807, 2.05) is 35.2 Å². The van der Waals surface area contributed by atoms with Gasteiger partial charge in [0, 0.05) is 49.5 Å². The minimum atomic E-state index is -0.926. The van der Waals surface area contributed by atoms with E-state index in [9.17, 15) is 19.5 Å². The number of amides is 2. The third kappa shape index (κ3) is 5.72. The average molecular weight is 625 g/mol. The monoisotopic (exact) mass is 624 g/mol. The molecule has 4 aliphatic rings. The van der Waals surface area contributed by atoms with Crippen LogP contribution in [0.3, 0.4) is 0 Å². The third-order valence-electron chi connectivity index (χ3n) is 11.3. The molecule has 0 radical (unpaired) electrons. The van der Waals surface area contributed by atoms with Crippen molar-refractivity contribution in [2.75, 3.05) is 32.8 Å². The molecule has 6 rings (SSSR count). The molecule has 3 aliphatic heterocycles. The molecule has 0 aromatic heterocycles. The van der Waals surface area contributed by atoms with E-state index in [0.717, 1.165) is 30.4 Å².